The van der Waals surface area contributed by atoms with Crippen LogP contribution in [0.15, 0.2) is 12.2 Å². The minimum absolute atomic E-state index is 0.000377. The summed E-state index contributed by atoms with van der Waals surface area (Å²) in [6.07, 6.45) is 9.07. The predicted octanol–water partition coefficient (Wildman–Crippen LogP) is 3.05. The first-order valence-corrected chi connectivity index (χ1v) is 13.4. The molecular formula is C27H43NO7. The number of ketones is 1. The number of nitrogens with one attached hydrogen (secondary N) is 1. The van der Waals surface area contributed by atoms with Crippen LogP contribution in [0, 0.1) is 11.8 Å². The molecule has 35 heavy (non-hydrogen) atoms. The van der Waals surface area contributed by atoms with Gasteiger partial charge in [0.15, 0.2) is 6.29 Å². The van der Waals surface area contributed by atoms with E-state index in [9.17, 15) is 14.7 Å². The molecular weight excluding hydrogens is 450 g/mol. The SMILES string of the molecule is CCCCCC[C@@H](C)C[C@@H](C)/C=C/C(=O)N[C@H]1CC2(O[C@@H]1OC)[C@@H]1O[C@@H]1C(O)(CC(C)=O)[C@@H]1O[C@@H]12. The van der Waals surface area contributed by atoms with E-state index < -0.39 is 29.7 Å². The Kier molecular flexibility index (Phi) is 8.08. The van der Waals surface area contributed by atoms with Crippen molar-refractivity contribution in [1.82, 2.24) is 5.32 Å². The maximum atomic E-state index is 12.7. The van der Waals surface area contributed by atoms with Gasteiger partial charge in [-0.2, -0.15) is 0 Å². The van der Waals surface area contributed by atoms with Crippen molar-refractivity contribution in [2.24, 2.45) is 11.8 Å². The number of fused-ring (bicyclic) bond motifs is 4. The van der Waals surface area contributed by atoms with E-state index in [2.05, 4.69) is 26.1 Å². The number of allylic oxidation sites excluding steroid dienone is 1. The molecule has 4 aliphatic rings. The van der Waals surface area contributed by atoms with Gasteiger partial charge in [-0.05, 0) is 31.3 Å². The molecule has 1 amide bonds. The van der Waals surface area contributed by atoms with Crippen molar-refractivity contribution in [2.75, 3.05) is 7.11 Å². The first-order chi connectivity index (χ1) is 16.6. The normalized spacial score (nSPS) is 40.9. The number of carbonyl (C=O) groups excluding carboxylic acids is 2. The van der Waals surface area contributed by atoms with E-state index in [1.54, 1.807) is 13.2 Å². The molecule has 4 rings (SSSR count). The lowest BCUT2D eigenvalue weighted by atomic mass is 9.72. The van der Waals surface area contributed by atoms with Crippen LogP contribution in [0.3, 0.4) is 0 Å². The van der Waals surface area contributed by atoms with Gasteiger partial charge in [0.05, 0.1) is 6.04 Å². The lowest BCUT2D eigenvalue weighted by Gasteiger charge is -2.33. The van der Waals surface area contributed by atoms with Crippen molar-refractivity contribution in [3.8, 4) is 0 Å². The number of rotatable bonds is 13. The van der Waals surface area contributed by atoms with Crippen LogP contribution in [0.1, 0.15) is 79.1 Å². The van der Waals surface area contributed by atoms with E-state index in [-0.39, 0.29) is 36.4 Å². The molecule has 8 heteroatoms. The molecule has 1 aliphatic carbocycles. The van der Waals surface area contributed by atoms with Gasteiger partial charge in [0.2, 0.25) is 5.91 Å². The largest absolute Gasteiger partial charge is 0.384 e. The number of ether oxygens (including phenoxy) is 4. The highest BCUT2D eigenvalue weighted by Crippen LogP contribution is 2.63. The third kappa shape index (κ3) is 5.52. The molecule has 10 atom stereocenters. The zero-order chi connectivity index (χ0) is 25.4. The van der Waals surface area contributed by atoms with Crippen molar-refractivity contribution in [3.63, 3.8) is 0 Å². The maximum absolute atomic E-state index is 12.7. The molecule has 3 saturated heterocycles. The van der Waals surface area contributed by atoms with Crippen LogP contribution >= 0.6 is 0 Å². The molecule has 8 nitrogen and oxygen atoms in total. The van der Waals surface area contributed by atoms with Crippen LogP contribution in [0.4, 0.5) is 0 Å². The highest BCUT2D eigenvalue weighted by molar-refractivity contribution is 5.87. The summed E-state index contributed by atoms with van der Waals surface area (Å²) >= 11 is 0. The molecule has 3 aliphatic heterocycles. The van der Waals surface area contributed by atoms with Crippen LogP contribution < -0.4 is 5.32 Å². The van der Waals surface area contributed by atoms with Gasteiger partial charge in [0.25, 0.3) is 0 Å². The fourth-order valence-electron chi connectivity index (χ4n) is 6.37. The summed E-state index contributed by atoms with van der Waals surface area (Å²) in [5, 5.41) is 14.1. The van der Waals surface area contributed by atoms with E-state index in [0.717, 1.165) is 6.42 Å². The van der Waals surface area contributed by atoms with Crippen LogP contribution in [-0.4, -0.2) is 71.9 Å². The molecule has 1 spiro atoms. The summed E-state index contributed by atoms with van der Waals surface area (Å²) in [5.74, 6) is 0.683. The average molecular weight is 494 g/mol. The fourth-order valence-corrected chi connectivity index (χ4v) is 6.37. The van der Waals surface area contributed by atoms with Gasteiger partial charge in [-0.3, -0.25) is 9.59 Å². The minimum atomic E-state index is -1.31. The van der Waals surface area contributed by atoms with E-state index in [4.69, 9.17) is 18.9 Å². The predicted molar refractivity (Wildman–Crippen MR) is 130 cm³/mol. The quantitative estimate of drug-likeness (QED) is 0.231. The third-order valence-corrected chi connectivity index (χ3v) is 8.13. The second kappa shape index (κ2) is 10.6. The Balaban J connectivity index is 1.29. The Morgan fingerprint density at radius 1 is 1.14 bits per heavy atom. The van der Waals surface area contributed by atoms with Crippen molar-refractivity contribution < 1.29 is 33.6 Å². The Hall–Kier alpha value is -1.32. The van der Waals surface area contributed by atoms with Crippen molar-refractivity contribution in [1.29, 1.82) is 0 Å². The Labute approximate surface area is 209 Å². The average Bonchev–Trinajstić information content (AvgIpc) is 3.71. The molecule has 2 unspecified atom stereocenters. The number of Topliss-reactive ketones (excluding diaryl/α,β-unsaturated/α-hetero) is 1. The van der Waals surface area contributed by atoms with Crippen LogP contribution in [0.25, 0.3) is 0 Å². The number of carbonyl (C=O) groups is 2. The molecule has 198 valence electrons. The van der Waals surface area contributed by atoms with Gasteiger partial charge >= 0.3 is 0 Å². The molecule has 1 saturated carbocycles. The van der Waals surface area contributed by atoms with Gasteiger partial charge in [0, 0.05) is 20.0 Å². The zero-order valence-electron chi connectivity index (χ0n) is 21.8. The summed E-state index contributed by atoms with van der Waals surface area (Å²) in [7, 11) is 1.55. The van der Waals surface area contributed by atoms with Gasteiger partial charge in [-0.1, -0.05) is 59.0 Å². The molecule has 0 bridgehead atoms. The Morgan fingerprint density at radius 2 is 1.83 bits per heavy atom. The number of epoxide rings is 2. The van der Waals surface area contributed by atoms with Crippen molar-refractivity contribution in [3.05, 3.63) is 12.2 Å². The monoisotopic (exact) mass is 493 g/mol. The molecule has 4 fully saturated rings. The highest BCUT2D eigenvalue weighted by Gasteiger charge is 2.83. The molecule has 0 radical (unpaired) electrons. The number of unbranched alkanes of at least 4 members (excludes halogenated alkanes) is 3. The summed E-state index contributed by atoms with van der Waals surface area (Å²) in [4.78, 5) is 24.4. The number of hydrogen-bond acceptors (Lipinski definition) is 7. The van der Waals surface area contributed by atoms with E-state index in [0.29, 0.717) is 18.3 Å². The Bertz CT molecular complexity index is 795. The lowest BCUT2D eigenvalue weighted by molar-refractivity contribution is -0.175. The molecule has 0 aromatic heterocycles. The minimum Gasteiger partial charge on any atom is -0.384 e. The van der Waals surface area contributed by atoms with Crippen molar-refractivity contribution in [2.45, 2.75) is 127 Å². The number of methoxy groups -OCH3 is 1. The molecule has 2 N–H and O–H groups in total. The van der Waals surface area contributed by atoms with Crippen LogP contribution in [-0.2, 0) is 28.5 Å². The number of aliphatic hydroxyl groups is 1. The van der Waals surface area contributed by atoms with Crippen molar-refractivity contribution >= 4 is 11.7 Å². The standard InChI is InChI=1S/C27H43NO7/c1-6-7-8-9-10-16(2)13-17(3)11-12-20(30)28-19-15-27(35-25(19)32-5)23-21(33-23)26(31,14-18(4)29)22-24(27)34-22/h11-12,16-17,19,21-25,31H,6-10,13-15H2,1-5H3,(H,28,30)/b12-11+/t16-,17+,19+,21-,22+,23+,24-,25+,26?,27?/m1/s1. The molecule has 0 aromatic carbocycles. The smallest absolute Gasteiger partial charge is 0.244 e. The Morgan fingerprint density at radius 3 is 2.43 bits per heavy atom. The maximum Gasteiger partial charge on any atom is 0.244 e. The second-order valence-electron chi connectivity index (χ2n) is 11.3. The van der Waals surface area contributed by atoms with Gasteiger partial charge < -0.3 is 29.4 Å². The van der Waals surface area contributed by atoms with E-state index >= 15 is 0 Å². The van der Waals surface area contributed by atoms with E-state index in [1.165, 1.54) is 39.0 Å². The number of hydrogen-bond donors (Lipinski definition) is 2. The lowest BCUT2D eigenvalue weighted by Crippen LogP contribution is -2.57. The molecule has 3 heterocycles. The fraction of sp³-hybridized carbons (Fsp3) is 0.852. The number of amides is 1. The van der Waals surface area contributed by atoms with Crippen LogP contribution in [0.2, 0.25) is 0 Å². The molecule has 0 aromatic rings. The zero-order valence-corrected chi connectivity index (χ0v) is 21.8. The van der Waals surface area contributed by atoms with Crippen LogP contribution in [0.5, 0.6) is 0 Å². The van der Waals surface area contributed by atoms with Gasteiger partial charge in [0.1, 0.15) is 41.4 Å². The summed E-state index contributed by atoms with van der Waals surface area (Å²) in [5.41, 5.74) is -2.10. The third-order valence-electron chi connectivity index (χ3n) is 8.13. The first kappa shape index (κ1) is 26.7. The summed E-state index contributed by atoms with van der Waals surface area (Å²) in [6.45, 7) is 8.12. The summed E-state index contributed by atoms with van der Waals surface area (Å²) in [6, 6.07) is -0.362. The summed E-state index contributed by atoms with van der Waals surface area (Å²) < 4.78 is 23.5. The second-order valence-corrected chi connectivity index (χ2v) is 11.3. The topological polar surface area (TPSA) is 110 Å². The first-order valence-electron chi connectivity index (χ1n) is 13.4. The highest BCUT2D eigenvalue weighted by atomic mass is 16.7. The van der Waals surface area contributed by atoms with Gasteiger partial charge in [-0.15, -0.1) is 0 Å². The van der Waals surface area contributed by atoms with Gasteiger partial charge in [-0.25, -0.2) is 0 Å². The van der Waals surface area contributed by atoms with E-state index in [1.807, 2.05) is 6.08 Å².